The molecule has 1 amide bonds. The number of hydrogen-bond acceptors (Lipinski definition) is 5. The number of thiophene rings is 1. The van der Waals surface area contributed by atoms with Crippen molar-refractivity contribution in [1.82, 2.24) is 20.1 Å². The lowest BCUT2D eigenvalue weighted by Gasteiger charge is -2.22. The van der Waals surface area contributed by atoms with Crippen molar-refractivity contribution >= 4 is 29.0 Å². The van der Waals surface area contributed by atoms with Gasteiger partial charge >= 0.3 is 0 Å². The third-order valence-electron chi connectivity index (χ3n) is 4.19. The van der Waals surface area contributed by atoms with Crippen molar-refractivity contribution in [3.05, 3.63) is 53.4 Å². The summed E-state index contributed by atoms with van der Waals surface area (Å²) in [6.07, 6.45) is 2.17. The van der Waals surface area contributed by atoms with Crippen LogP contribution in [0.25, 0.3) is 10.7 Å². The monoisotopic (exact) mass is 370 g/mol. The molecule has 0 spiro atoms. The fourth-order valence-electron chi connectivity index (χ4n) is 2.92. The van der Waals surface area contributed by atoms with Gasteiger partial charge in [-0.2, -0.15) is 0 Å². The van der Waals surface area contributed by atoms with Gasteiger partial charge in [-0.15, -0.1) is 16.4 Å². The van der Waals surface area contributed by atoms with E-state index < -0.39 is 0 Å². The molecule has 1 fully saturated rings. The van der Waals surface area contributed by atoms with E-state index in [0.717, 1.165) is 42.2 Å². The summed E-state index contributed by atoms with van der Waals surface area (Å²) < 4.78 is 0. The van der Waals surface area contributed by atoms with Gasteiger partial charge in [-0.05, 0) is 29.9 Å². The van der Waals surface area contributed by atoms with Gasteiger partial charge in [-0.25, -0.2) is 4.98 Å². The summed E-state index contributed by atoms with van der Waals surface area (Å²) in [5, 5.41) is 9.58. The third-order valence-corrected chi connectivity index (χ3v) is 6.17. The Kier molecular flexibility index (Phi) is 4.85. The smallest absolute Gasteiger partial charge is 0.240 e. The van der Waals surface area contributed by atoms with Crippen LogP contribution in [-0.2, 0) is 4.79 Å². The summed E-state index contributed by atoms with van der Waals surface area (Å²) >= 11 is 3.03. The van der Waals surface area contributed by atoms with E-state index in [4.69, 9.17) is 0 Å². The SMILES string of the molecule is O=C([C@@H](Sc1n[nH]c(-c2cccs2)n1)c1ccccc1)N1CCCC1. The van der Waals surface area contributed by atoms with Gasteiger partial charge in [0.15, 0.2) is 5.82 Å². The quantitative estimate of drug-likeness (QED) is 0.690. The number of benzene rings is 1. The van der Waals surface area contributed by atoms with E-state index in [9.17, 15) is 4.79 Å². The third kappa shape index (κ3) is 3.62. The topological polar surface area (TPSA) is 61.9 Å². The van der Waals surface area contributed by atoms with Crippen LogP contribution in [0.2, 0.25) is 0 Å². The number of H-pyrrole nitrogens is 1. The number of nitrogens with zero attached hydrogens (tertiary/aromatic N) is 3. The summed E-state index contributed by atoms with van der Waals surface area (Å²) in [5.74, 6) is 0.897. The first-order chi connectivity index (χ1) is 12.3. The predicted octanol–water partition coefficient (Wildman–Crippen LogP) is 3.99. The molecule has 0 radical (unpaired) electrons. The molecule has 128 valence electrons. The lowest BCUT2D eigenvalue weighted by Crippen LogP contribution is -2.31. The molecule has 1 N–H and O–H groups in total. The standard InChI is InChI=1S/C18H18N4OS2/c23-17(22-10-4-5-11-22)15(13-7-2-1-3-8-13)25-18-19-16(20-21-18)14-9-6-12-24-14/h1-3,6-9,12,15H,4-5,10-11H2,(H,19,20,21)/t15-/m0/s1. The molecule has 3 aromatic rings. The normalized spacial score (nSPS) is 15.4. The highest BCUT2D eigenvalue weighted by Crippen LogP contribution is 2.36. The zero-order chi connectivity index (χ0) is 17.1. The van der Waals surface area contributed by atoms with Gasteiger partial charge in [0.1, 0.15) is 5.25 Å². The summed E-state index contributed by atoms with van der Waals surface area (Å²) in [6, 6.07) is 13.9. The van der Waals surface area contributed by atoms with Crippen LogP contribution in [0.3, 0.4) is 0 Å². The number of amides is 1. The van der Waals surface area contributed by atoms with E-state index in [0.29, 0.717) is 5.16 Å². The molecule has 1 aliphatic rings. The van der Waals surface area contributed by atoms with Gasteiger partial charge in [-0.1, -0.05) is 48.2 Å². The second kappa shape index (κ2) is 7.41. The number of nitrogens with one attached hydrogen (secondary N) is 1. The number of hydrogen-bond donors (Lipinski definition) is 1. The zero-order valence-corrected chi connectivity index (χ0v) is 15.2. The molecule has 25 heavy (non-hydrogen) atoms. The molecule has 7 heteroatoms. The highest BCUT2D eigenvalue weighted by molar-refractivity contribution is 8.00. The lowest BCUT2D eigenvalue weighted by molar-refractivity contribution is -0.129. The van der Waals surface area contributed by atoms with E-state index in [1.165, 1.54) is 11.8 Å². The molecule has 0 saturated carbocycles. The molecule has 5 nitrogen and oxygen atoms in total. The lowest BCUT2D eigenvalue weighted by atomic mass is 10.1. The maximum atomic E-state index is 13.0. The van der Waals surface area contributed by atoms with E-state index in [2.05, 4.69) is 15.2 Å². The van der Waals surface area contributed by atoms with Crippen LogP contribution in [0.1, 0.15) is 23.7 Å². The Balaban J connectivity index is 1.59. The van der Waals surface area contributed by atoms with Crippen LogP contribution in [0.15, 0.2) is 53.0 Å². The molecule has 0 unspecified atom stereocenters. The average Bonchev–Trinajstić information content (AvgIpc) is 3.42. The van der Waals surface area contributed by atoms with Crippen LogP contribution in [0.5, 0.6) is 0 Å². The first-order valence-corrected chi connectivity index (χ1v) is 10.0. The van der Waals surface area contributed by atoms with Crippen molar-refractivity contribution in [2.75, 3.05) is 13.1 Å². The molecular formula is C18H18N4OS2. The highest BCUT2D eigenvalue weighted by atomic mass is 32.2. The van der Waals surface area contributed by atoms with Crippen LogP contribution >= 0.6 is 23.1 Å². The largest absolute Gasteiger partial charge is 0.341 e. The number of thioether (sulfide) groups is 1. The van der Waals surface area contributed by atoms with Crippen molar-refractivity contribution in [2.24, 2.45) is 0 Å². The van der Waals surface area contributed by atoms with E-state index in [1.807, 2.05) is 52.7 Å². The number of aromatic amines is 1. The van der Waals surface area contributed by atoms with Gasteiger partial charge in [0, 0.05) is 13.1 Å². The second-order valence-electron chi connectivity index (χ2n) is 5.88. The number of carbonyl (C=O) groups is 1. The Morgan fingerprint density at radius 1 is 1.16 bits per heavy atom. The summed E-state index contributed by atoms with van der Waals surface area (Å²) in [4.78, 5) is 20.6. The molecule has 1 saturated heterocycles. The molecular weight excluding hydrogens is 352 g/mol. The first-order valence-electron chi connectivity index (χ1n) is 8.28. The molecule has 2 aromatic heterocycles. The number of rotatable bonds is 5. The highest BCUT2D eigenvalue weighted by Gasteiger charge is 2.29. The minimum Gasteiger partial charge on any atom is -0.341 e. The molecule has 0 aliphatic carbocycles. The molecule has 1 aromatic carbocycles. The minimum absolute atomic E-state index is 0.149. The maximum absolute atomic E-state index is 13.0. The van der Waals surface area contributed by atoms with Gasteiger partial charge < -0.3 is 4.90 Å². The molecule has 3 heterocycles. The van der Waals surface area contributed by atoms with E-state index >= 15 is 0 Å². The average molecular weight is 371 g/mol. The van der Waals surface area contributed by atoms with Gasteiger partial charge in [-0.3, -0.25) is 9.89 Å². The van der Waals surface area contributed by atoms with Crippen molar-refractivity contribution in [3.63, 3.8) is 0 Å². The van der Waals surface area contributed by atoms with Crippen LogP contribution in [0, 0.1) is 0 Å². The zero-order valence-electron chi connectivity index (χ0n) is 13.6. The van der Waals surface area contributed by atoms with Crippen LogP contribution < -0.4 is 0 Å². The summed E-state index contributed by atoms with van der Waals surface area (Å²) in [6.45, 7) is 1.69. The van der Waals surface area contributed by atoms with Crippen LogP contribution in [-0.4, -0.2) is 39.1 Å². The molecule has 1 atom stereocenters. The van der Waals surface area contributed by atoms with Gasteiger partial charge in [0.2, 0.25) is 11.1 Å². The Hall–Kier alpha value is -2.12. The van der Waals surface area contributed by atoms with Gasteiger partial charge in [0.05, 0.1) is 4.88 Å². The van der Waals surface area contributed by atoms with Crippen molar-refractivity contribution in [3.8, 4) is 10.7 Å². The fraction of sp³-hybridized carbons (Fsp3) is 0.278. The molecule has 1 aliphatic heterocycles. The number of likely N-dealkylation sites (tertiary alicyclic amines) is 1. The van der Waals surface area contributed by atoms with E-state index in [-0.39, 0.29) is 11.2 Å². The second-order valence-corrected chi connectivity index (χ2v) is 7.90. The van der Waals surface area contributed by atoms with Crippen molar-refractivity contribution < 1.29 is 4.79 Å². The van der Waals surface area contributed by atoms with Crippen molar-refractivity contribution in [2.45, 2.75) is 23.2 Å². The molecule has 0 bridgehead atoms. The van der Waals surface area contributed by atoms with Gasteiger partial charge in [0.25, 0.3) is 0 Å². The summed E-state index contributed by atoms with van der Waals surface area (Å²) in [5.41, 5.74) is 0.992. The maximum Gasteiger partial charge on any atom is 0.240 e. The van der Waals surface area contributed by atoms with Crippen molar-refractivity contribution in [1.29, 1.82) is 0 Å². The predicted molar refractivity (Wildman–Crippen MR) is 101 cm³/mol. The Bertz CT molecular complexity index is 826. The number of aromatic nitrogens is 3. The molecule has 4 rings (SSSR count). The Labute approximate surface area is 154 Å². The fourth-order valence-corrected chi connectivity index (χ4v) is 4.58. The minimum atomic E-state index is -0.314. The van der Waals surface area contributed by atoms with Crippen LogP contribution in [0.4, 0.5) is 0 Å². The van der Waals surface area contributed by atoms with E-state index in [1.54, 1.807) is 11.3 Å². The Morgan fingerprint density at radius 3 is 2.68 bits per heavy atom. The Morgan fingerprint density at radius 2 is 1.96 bits per heavy atom. The summed E-state index contributed by atoms with van der Waals surface area (Å²) in [7, 11) is 0. The number of carbonyl (C=O) groups excluding carboxylic acids is 1. The first kappa shape index (κ1) is 16.4.